The normalized spacial score (nSPS) is 26.8. The highest BCUT2D eigenvalue weighted by atomic mass is 32.2. The Balaban J connectivity index is 1.69. The third-order valence-electron chi connectivity index (χ3n) is 7.96. The van der Waals surface area contributed by atoms with E-state index in [-0.39, 0.29) is 29.2 Å². The second-order valence-electron chi connectivity index (χ2n) is 10.7. The van der Waals surface area contributed by atoms with Crippen LogP contribution in [0.5, 0.6) is 0 Å². The molecule has 9 nitrogen and oxygen atoms in total. The van der Waals surface area contributed by atoms with E-state index in [9.17, 15) is 23.1 Å². The van der Waals surface area contributed by atoms with Crippen molar-refractivity contribution in [2.24, 2.45) is 17.8 Å². The van der Waals surface area contributed by atoms with Crippen LogP contribution in [0.1, 0.15) is 82.0 Å². The van der Waals surface area contributed by atoms with Crippen LogP contribution in [-0.4, -0.2) is 64.9 Å². The van der Waals surface area contributed by atoms with Gasteiger partial charge < -0.3 is 5.11 Å². The summed E-state index contributed by atoms with van der Waals surface area (Å²) >= 11 is 0. The number of aromatic carboxylic acids is 1. The number of sulfonamides is 1. The average Bonchev–Trinajstić information content (AvgIpc) is 3.25. The molecule has 1 saturated heterocycles. The third kappa shape index (κ3) is 5.80. The highest BCUT2D eigenvalue weighted by Gasteiger charge is 2.39. The summed E-state index contributed by atoms with van der Waals surface area (Å²) < 4.78 is 27.1. The maximum Gasteiger partial charge on any atom is 0.341 e. The van der Waals surface area contributed by atoms with Crippen molar-refractivity contribution in [1.82, 2.24) is 14.1 Å². The first kappa shape index (κ1) is 25.9. The molecule has 0 aromatic carbocycles. The summed E-state index contributed by atoms with van der Waals surface area (Å²) in [6.07, 6.45) is 12.0. The molecule has 0 bridgehead atoms. The molecule has 1 aromatic rings. The molecule has 0 radical (unpaired) electrons. The molecule has 10 heteroatoms. The van der Waals surface area contributed by atoms with Crippen molar-refractivity contribution >= 4 is 33.4 Å². The van der Waals surface area contributed by atoms with Crippen molar-refractivity contribution in [2.45, 2.75) is 77.7 Å². The van der Waals surface area contributed by atoms with Gasteiger partial charge in [-0.15, -0.1) is 5.10 Å². The van der Waals surface area contributed by atoms with E-state index < -0.39 is 16.0 Å². The molecule has 3 aliphatic rings. The number of aromatic nitrogens is 2. The lowest BCUT2D eigenvalue weighted by Crippen LogP contribution is -2.51. The molecule has 1 unspecified atom stereocenters. The first-order valence-electron chi connectivity index (χ1n) is 12.8. The van der Waals surface area contributed by atoms with Gasteiger partial charge in [0.2, 0.25) is 15.9 Å². The van der Waals surface area contributed by atoms with E-state index in [1.165, 1.54) is 16.8 Å². The van der Waals surface area contributed by atoms with Crippen LogP contribution in [0.4, 0.5) is 5.82 Å². The van der Waals surface area contributed by atoms with Crippen LogP contribution < -0.4 is 4.90 Å². The van der Waals surface area contributed by atoms with Crippen molar-refractivity contribution in [3.63, 3.8) is 0 Å². The number of anilines is 1. The molecule has 2 fully saturated rings. The summed E-state index contributed by atoms with van der Waals surface area (Å²) in [5.41, 5.74) is 0.982. The number of carboxylic acid groups (broad SMARTS) is 1. The van der Waals surface area contributed by atoms with Crippen molar-refractivity contribution in [1.29, 1.82) is 0 Å². The van der Waals surface area contributed by atoms with Gasteiger partial charge in [0.15, 0.2) is 5.82 Å². The minimum atomic E-state index is -3.31. The summed E-state index contributed by atoms with van der Waals surface area (Å²) in [6, 6.07) is -0.290. The lowest BCUT2D eigenvalue weighted by molar-refractivity contribution is -0.124. The van der Waals surface area contributed by atoms with E-state index in [1.54, 1.807) is 9.58 Å². The zero-order valence-corrected chi connectivity index (χ0v) is 21.8. The summed E-state index contributed by atoms with van der Waals surface area (Å²) in [5.74, 6) is 0.00643. The van der Waals surface area contributed by atoms with Gasteiger partial charge in [0.1, 0.15) is 5.56 Å². The molecule has 1 aliphatic heterocycles. The topological polar surface area (TPSA) is 113 Å². The number of piperidine rings is 1. The Kier molecular flexibility index (Phi) is 7.71. The maximum atomic E-state index is 13.9. The molecule has 1 N–H and O–H groups in total. The molecule has 2 heterocycles. The quantitative estimate of drug-likeness (QED) is 0.628. The predicted molar refractivity (Wildman–Crippen MR) is 135 cm³/mol. The van der Waals surface area contributed by atoms with E-state index in [4.69, 9.17) is 5.10 Å². The SMILES string of the molecule is CC1CC=C(n2cc(C(=O)O)c(N(C(=O)[C@H]3CC[C@H](C)CC3)C3CCN(S(C)(=O)=O)CC3)n2)CC1. The highest BCUT2D eigenvalue weighted by molar-refractivity contribution is 7.88. The molecular formula is C25H38N4O5S. The Labute approximate surface area is 208 Å². The standard InChI is InChI=1S/C25H38N4O5S/c1-17-4-8-19(9-5-17)24(30)29(21-12-14-27(15-13-21)35(3,33)34)23-22(25(31)32)16-28(26-23)20-10-6-18(2)7-11-20/h10,16-19,21H,4-9,11-15H2,1-3H3,(H,31,32)/t17-,18?,19-. The lowest BCUT2D eigenvalue weighted by Gasteiger charge is -2.39. The van der Waals surface area contributed by atoms with Crippen molar-refractivity contribution in [3.05, 3.63) is 17.8 Å². The van der Waals surface area contributed by atoms with Gasteiger partial charge in [-0.1, -0.05) is 19.9 Å². The number of hydrogen-bond donors (Lipinski definition) is 1. The third-order valence-corrected chi connectivity index (χ3v) is 9.26. The summed E-state index contributed by atoms with van der Waals surface area (Å²) in [6.45, 7) is 5.00. The van der Waals surface area contributed by atoms with E-state index in [0.717, 1.165) is 50.6 Å². The number of hydrogen-bond acceptors (Lipinski definition) is 5. The first-order valence-corrected chi connectivity index (χ1v) is 14.7. The van der Waals surface area contributed by atoms with Crippen molar-refractivity contribution < 1.29 is 23.1 Å². The summed E-state index contributed by atoms with van der Waals surface area (Å²) in [7, 11) is -3.31. The molecular weight excluding hydrogens is 468 g/mol. The number of amides is 1. The second kappa shape index (κ2) is 10.4. The first-order chi connectivity index (χ1) is 16.5. The van der Waals surface area contributed by atoms with Gasteiger partial charge in [0.25, 0.3) is 0 Å². The molecule has 4 rings (SSSR count). The molecule has 1 aromatic heterocycles. The summed E-state index contributed by atoms with van der Waals surface area (Å²) in [5, 5.41) is 14.7. The van der Waals surface area contributed by atoms with Gasteiger partial charge in [0, 0.05) is 36.9 Å². The number of nitrogens with zero attached hydrogens (tertiary/aromatic N) is 4. The van der Waals surface area contributed by atoms with Gasteiger partial charge >= 0.3 is 5.97 Å². The number of carbonyl (C=O) groups is 2. The maximum absolute atomic E-state index is 13.9. The zero-order chi connectivity index (χ0) is 25.3. The van der Waals surface area contributed by atoms with Gasteiger partial charge in [-0.2, -0.15) is 0 Å². The smallest absolute Gasteiger partial charge is 0.341 e. The zero-order valence-electron chi connectivity index (χ0n) is 21.0. The Morgan fingerprint density at radius 2 is 1.69 bits per heavy atom. The lowest BCUT2D eigenvalue weighted by atomic mass is 9.82. The van der Waals surface area contributed by atoms with E-state index in [0.29, 0.717) is 37.8 Å². The summed E-state index contributed by atoms with van der Waals surface area (Å²) in [4.78, 5) is 27.8. The highest BCUT2D eigenvalue weighted by Crippen LogP contribution is 2.35. The van der Waals surface area contributed by atoms with Gasteiger partial charge in [-0.3, -0.25) is 9.69 Å². The molecule has 194 valence electrons. The van der Waals surface area contributed by atoms with Gasteiger partial charge in [-0.05, 0) is 69.6 Å². The van der Waals surface area contributed by atoms with E-state index in [2.05, 4.69) is 19.9 Å². The van der Waals surface area contributed by atoms with Crippen LogP contribution in [0.2, 0.25) is 0 Å². The van der Waals surface area contributed by atoms with Crippen LogP contribution in [0, 0.1) is 17.8 Å². The minimum Gasteiger partial charge on any atom is -0.477 e. The largest absolute Gasteiger partial charge is 0.477 e. The van der Waals surface area contributed by atoms with Crippen LogP contribution in [-0.2, 0) is 14.8 Å². The fraction of sp³-hybridized carbons (Fsp3) is 0.720. The van der Waals surface area contributed by atoms with E-state index in [1.807, 2.05) is 0 Å². The van der Waals surface area contributed by atoms with Crippen LogP contribution in [0.3, 0.4) is 0 Å². The van der Waals surface area contributed by atoms with Gasteiger partial charge in [-0.25, -0.2) is 22.2 Å². The molecule has 35 heavy (non-hydrogen) atoms. The van der Waals surface area contributed by atoms with Crippen molar-refractivity contribution in [3.8, 4) is 0 Å². The van der Waals surface area contributed by atoms with Crippen molar-refractivity contribution in [2.75, 3.05) is 24.2 Å². The van der Waals surface area contributed by atoms with E-state index >= 15 is 0 Å². The number of carboxylic acids is 1. The minimum absolute atomic E-state index is 0.0209. The monoisotopic (exact) mass is 506 g/mol. The predicted octanol–water partition coefficient (Wildman–Crippen LogP) is 3.83. The number of allylic oxidation sites excluding steroid dienone is 2. The molecule has 1 saturated carbocycles. The van der Waals surface area contributed by atoms with Crippen LogP contribution in [0.15, 0.2) is 12.3 Å². The molecule has 0 spiro atoms. The number of carbonyl (C=O) groups excluding carboxylic acids is 1. The fourth-order valence-corrected chi connectivity index (χ4v) is 6.47. The Morgan fingerprint density at radius 3 is 2.23 bits per heavy atom. The Hall–Kier alpha value is -2.20. The Bertz CT molecular complexity index is 1080. The average molecular weight is 507 g/mol. The Morgan fingerprint density at radius 1 is 1.03 bits per heavy atom. The van der Waals surface area contributed by atoms with Crippen LogP contribution in [0.25, 0.3) is 5.70 Å². The van der Waals surface area contributed by atoms with Crippen LogP contribution >= 0.6 is 0 Å². The second-order valence-corrected chi connectivity index (χ2v) is 12.7. The number of rotatable bonds is 6. The molecule has 2 aliphatic carbocycles. The molecule has 1 amide bonds. The molecule has 1 atom stereocenters. The van der Waals surface area contributed by atoms with Gasteiger partial charge in [0.05, 0.1) is 6.26 Å². The fourth-order valence-electron chi connectivity index (χ4n) is 5.59.